The predicted octanol–water partition coefficient (Wildman–Crippen LogP) is 2.67. The van der Waals surface area contributed by atoms with E-state index in [-0.39, 0.29) is 6.04 Å². The fourth-order valence-electron chi connectivity index (χ4n) is 1.53. The average Bonchev–Trinajstić information content (AvgIpc) is 2.83. The van der Waals surface area contributed by atoms with E-state index in [1.54, 1.807) is 13.1 Å². The van der Waals surface area contributed by atoms with Crippen LogP contribution in [0.25, 0.3) is 0 Å². The van der Waals surface area contributed by atoms with Crippen molar-refractivity contribution in [1.29, 1.82) is 0 Å². The van der Waals surface area contributed by atoms with Gasteiger partial charge in [0, 0.05) is 30.6 Å². The van der Waals surface area contributed by atoms with Gasteiger partial charge in [0.25, 0.3) is 10.0 Å². The van der Waals surface area contributed by atoms with Crippen LogP contribution in [0.1, 0.15) is 39.0 Å². The van der Waals surface area contributed by atoms with Crippen molar-refractivity contribution in [2.45, 2.75) is 57.0 Å². The molecule has 1 rings (SSSR count). The van der Waals surface area contributed by atoms with E-state index in [0.29, 0.717) is 16.8 Å². The van der Waals surface area contributed by atoms with Crippen molar-refractivity contribution in [1.82, 2.24) is 9.62 Å². The molecule has 0 bridgehead atoms. The SMILES string of the molecule is CCC(C)N(C)S(=O)(=O)c1ccc(CNC(C)C)s1. The van der Waals surface area contributed by atoms with Crippen LogP contribution in [-0.4, -0.2) is 31.9 Å². The minimum atomic E-state index is -3.34. The Morgan fingerprint density at radius 3 is 2.47 bits per heavy atom. The number of nitrogens with zero attached hydrogens (tertiary/aromatic N) is 1. The molecule has 0 saturated heterocycles. The molecule has 1 N–H and O–H groups in total. The molecule has 19 heavy (non-hydrogen) atoms. The van der Waals surface area contributed by atoms with Crippen LogP contribution in [0.5, 0.6) is 0 Å². The second-order valence-corrected chi connectivity index (χ2v) is 8.43. The number of nitrogens with one attached hydrogen (secondary N) is 1. The third kappa shape index (κ3) is 4.27. The zero-order valence-electron chi connectivity index (χ0n) is 12.3. The van der Waals surface area contributed by atoms with Gasteiger partial charge >= 0.3 is 0 Å². The van der Waals surface area contributed by atoms with E-state index >= 15 is 0 Å². The smallest absolute Gasteiger partial charge is 0.252 e. The fourth-order valence-corrected chi connectivity index (χ4v) is 4.46. The Balaban J connectivity index is 2.85. The van der Waals surface area contributed by atoms with Gasteiger partial charge in [0.1, 0.15) is 4.21 Å². The normalized spacial score (nSPS) is 14.3. The van der Waals surface area contributed by atoms with E-state index in [1.165, 1.54) is 15.6 Å². The predicted molar refractivity (Wildman–Crippen MR) is 81.0 cm³/mol. The third-order valence-corrected chi connectivity index (χ3v) is 6.69. The van der Waals surface area contributed by atoms with Crippen molar-refractivity contribution in [3.05, 3.63) is 17.0 Å². The molecule has 1 aromatic rings. The van der Waals surface area contributed by atoms with E-state index in [4.69, 9.17) is 0 Å². The summed E-state index contributed by atoms with van der Waals surface area (Å²) in [6, 6.07) is 4.00. The quantitative estimate of drug-likeness (QED) is 0.842. The molecule has 0 amide bonds. The van der Waals surface area contributed by atoms with Crippen LogP contribution in [0, 0.1) is 0 Å². The highest BCUT2D eigenvalue weighted by Gasteiger charge is 2.25. The van der Waals surface area contributed by atoms with Crippen LogP contribution in [0.15, 0.2) is 16.3 Å². The molecule has 110 valence electrons. The second-order valence-electron chi connectivity index (χ2n) is 5.03. The summed E-state index contributed by atoms with van der Waals surface area (Å²) in [5.41, 5.74) is 0. The van der Waals surface area contributed by atoms with Crippen molar-refractivity contribution in [2.24, 2.45) is 0 Å². The summed E-state index contributed by atoms with van der Waals surface area (Å²) in [5.74, 6) is 0. The van der Waals surface area contributed by atoms with Gasteiger partial charge in [0.2, 0.25) is 0 Å². The van der Waals surface area contributed by atoms with Gasteiger partial charge in [-0.1, -0.05) is 20.8 Å². The molecule has 4 nitrogen and oxygen atoms in total. The summed E-state index contributed by atoms with van der Waals surface area (Å²) in [7, 11) is -1.70. The lowest BCUT2D eigenvalue weighted by Gasteiger charge is -2.22. The average molecular weight is 304 g/mol. The molecular formula is C13H24N2O2S2. The van der Waals surface area contributed by atoms with Crippen LogP contribution >= 0.6 is 11.3 Å². The van der Waals surface area contributed by atoms with Crippen molar-refractivity contribution < 1.29 is 8.42 Å². The van der Waals surface area contributed by atoms with Crippen molar-refractivity contribution in [3.8, 4) is 0 Å². The molecule has 1 atom stereocenters. The summed E-state index contributed by atoms with van der Waals surface area (Å²) in [5, 5.41) is 3.29. The van der Waals surface area contributed by atoms with Crippen molar-refractivity contribution in [3.63, 3.8) is 0 Å². The molecule has 0 aliphatic heterocycles. The van der Waals surface area contributed by atoms with Gasteiger partial charge in [0.15, 0.2) is 0 Å². The zero-order valence-corrected chi connectivity index (χ0v) is 13.9. The molecule has 0 radical (unpaired) electrons. The topological polar surface area (TPSA) is 49.4 Å². The molecule has 0 aliphatic carbocycles. The van der Waals surface area contributed by atoms with Crippen molar-refractivity contribution >= 4 is 21.4 Å². The van der Waals surface area contributed by atoms with Crippen LogP contribution in [0.4, 0.5) is 0 Å². The molecule has 0 saturated carbocycles. The fraction of sp³-hybridized carbons (Fsp3) is 0.692. The summed E-state index contributed by atoms with van der Waals surface area (Å²) in [6.45, 7) is 8.77. The molecule has 0 spiro atoms. The Kier molecular flexibility index (Phi) is 5.98. The largest absolute Gasteiger partial charge is 0.310 e. The monoisotopic (exact) mass is 304 g/mol. The highest BCUT2D eigenvalue weighted by molar-refractivity contribution is 7.91. The number of sulfonamides is 1. The molecule has 0 fully saturated rings. The molecule has 1 unspecified atom stereocenters. The van der Waals surface area contributed by atoms with Crippen LogP contribution in [0.2, 0.25) is 0 Å². The first-order chi connectivity index (χ1) is 8.78. The Labute approximate surface area is 120 Å². The maximum atomic E-state index is 12.4. The first-order valence-electron chi connectivity index (χ1n) is 6.59. The Hall–Kier alpha value is -0.430. The maximum absolute atomic E-state index is 12.4. The first kappa shape index (κ1) is 16.6. The van der Waals surface area contributed by atoms with Gasteiger partial charge in [-0.15, -0.1) is 11.3 Å². The zero-order chi connectivity index (χ0) is 14.6. The minimum absolute atomic E-state index is 0.0179. The summed E-state index contributed by atoms with van der Waals surface area (Å²) in [6.07, 6.45) is 0.808. The van der Waals surface area contributed by atoms with Crippen LogP contribution in [-0.2, 0) is 16.6 Å². The second kappa shape index (κ2) is 6.83. The van der Waals surface area contributed by atoms with E-state index in [1.807, 2.05) is 19.9 Å². The first-order valence-corrected chi connectivity index (χ1v) is 8.84. The van der Waals surface area contributed by atoms with Crippen LogP contribution < -0.4 is 5.32 Å². The molecule has 6 heteroatoms. The Morgan fingerprint density at radius 2 is 1.95 bits per heavy atom. The Bertz CT molecular complexity index is 494. The minimum Gasteiger partial charge on any atom is -0.310 e. The van der Waals surface area contributed by atoms with E-state index in [9.17, 15) is 8.42 Å². The summed E-state index contributed by atoms with van der Waals surface area (Å²) in [4.78, 5) is 1.05. The number of hydrogen-bond acceptors (Lipinski definition) is 4. The molecule has 0 aromatic carbocycles. The standard InChI is InChI=1S/C13H24N2O2S2/c1-6-11(4)15(5)19(16,17)13-8-7-12(18-13)9-14-10(2)3/h7-8,10-11,14H,6,9H2,1-5H3. The lowest BCUT2D eigenvalue weighted by molar-refractivity contribution is 0.381. The summed E-state index contributed by atoms with van der Waals surface area (Å²) >= 11 is 1.35. The van der Waals surface area contributed by atoms with Gasteiger partial charge in [-0.25, -0.2) is 8.42 Å². The lowest BCUT2D eigenvalue weighted by Crippen LogP contribution is -2.34. The van der Waals surface area contributed by atoms with E-state index in [0.717, 1.165) is 11.3 Å². The van der Waals surface area contributed by atoms with Crippen molar-refractivity contribution in [2.75, 3.05) is 7.05 Å². The van der Waals surface area contributed by atoms with Gasteiger partial charge in [-0.2, -0.15) is 4.31 Å². The molecule has 0 aliphatic rings. The highest BCUT2D eigenvalue weighted by Crippen LogP contribution is 2.25. The summed E-state index contributed by atoms with van der Waals surface area (Å²) < 4.78 is 26.7. The van der Waals surface area contributed by atoms with E-state index in [2.05, 4.69) is 19.2 Å². The number of hydrogen-bond donors (Lipinski definition) is 1. The van der Waals surface area contributed by atoms with E-state index < -0.39 is 10.0 Å². The Morgan fingerprint density at radius 1 is 1.32 bits per heavy atom. The van der Waals surface area contributed by atoms with Gasteiger partial charge in [0.05, 0.1) is 0 Å². The van der Waals surface area contributed by atoms with Gasteiger partial charge < -0.3 is 5.32 Å². The van der Waals surface area contributed by atoms with Gasteiger partial charge in [-0.05, 0) is 25.5 Å². The number of rotatable bonds is 7. The molecular weight excluding hydrogens is 280 g/mol. The third-order valence-electron chi connectivity index (χ3n) is 3.17. The molecule has 1 aromatic heterocycles. The lowest BCUT2D eigenvalue weighted by atomic mass is 10.3. The number of thiophene rings is 1. The van der Waals surface area contributed by atoms with Crippen LogP contribution in [0.3, 0.4) is 0 Å². The highest BCUT2D eigenvalue weighted by atomic mass is 32.2. The maximum Gasteiger partial charge on any atom is 0.252 e. The van der Waals surface area contributed by atoms with Gasteiger partial charge in [-0.3, -0.25) is 0 Å². The molecule has 1 heterocycles.